The monoisotopic (exact) mass is 452 g/mol. The topological polar surface area (TPSA) is 93.7 Å². The largest absolute Gasteiger partial charge is 0.490 e. The minimum Gasteiger partial charge on any atom is -0.490 e. The zero-order valence-electron chi connectivity index (χ0n) is 17.8. The number of nitrogens with one attached hydrogen (secondary N) is 2. The van der Waals surface area contributed by atoms with Crippen LogP contribution in [0, 0.1) is 13.8 Å². The standard InChI is InChI=1S/C24H24N2O5S/c1-16-7-8-19(13-17(16)2)25-24(27)18-5-3-6-20(14-18)26-32(28,29)21-9-10-22-23(15-21)31-12-4-11-30-22/h3,5-10,13-15,26H,4,11-12H2,1-2H3,(H,25,27). The molecule has 2 N–H and O–H groups in total. The number of sulfonamides is 1. The third-order valence-electron chi connectivity index (χ3n) is 5.17. The first-order valence-corrected chi connectivity index (χ1v) is 11.7. The van der Waals surface area contributed by atoms with Crippen LogP contribution in [0.1, 0.15) is 27.9 Å². The molecule has 0 aliphatic carbocycles. The normalized spacial score (nSPS) is 13.2. The molecule has 0 spiro atoms. The number of carbonyl (C=O) groups is 1. The molecule has 1 aliphatic heterocycles. The summed E-state index contributed by atoms with van der Waals surface area (Å²) in [6, 6.07) is 16.5. The third kappa shape index (κ3) is 4.86. The highest BCUT2D eigenvalue weighted by Gasteiger charge is 2.19. The van der Waals surface area contributed by atoms with Crippen LogP contribution < -0.4 is 19.5 Å². The lowest BCUT2D eigenvalue weighted by Gasteiger charge is -2.12. The van der Waals surface area contributed by atoms with E-state index in [1.807, 2.05) is 32.0 Å². The van der Waals surface area contributed by atoms with Gasteiger partial charge in [0.05, 0.1) is 18.1 Å². The fraction of sp³-hybridized carbons (Fsp3) is 0.208. The summed E-state index contributed by atoms with van der Waals surface area (Å²) in [7, 11) is -3.89. The number of carbonyl (C=O) groups excluding carboxylic acids is 1. The Morgan fingerprint density at radius 3 is 2.41 bits per heavy atom. The summed E-state index contributed by atoms with van der Waals surface area (Å²) < 4.78 is 39.5. The Balaban J connectivity index is 1.52. The molecule has 166 valence electrons. The van der Waals surface area contributed by atoms with Gasteiger partial charge >= 0.3 is 0 Å². The summed E-state index contributed by atoms with van der Waals surface area (Å²) in [6.45, 7) is 4.95. The molecule has 32 heavy (non-hydrogen) atoms. The van der Waals surface area contributed by atoms with Gasteiger partial charge < -0.3 is 14.8 Å². The Hall–Kier alpha value is -3.52. The van der Waals surface area contributed by atoms with Gasteiger partial charge in [-0.1, -0.05) is 12.1 Å². The molecule has 3 aromatic carbocycles. The Morgan fingerprint density at radius 2 is 1.62 bits per heavy atom. The summed E-state index contributed by atoms with van der Waals surface area (Å²) in [5.74, 6) is 0.586. The quantitative estimate of drug-likeness (QED) is 0.594. The van der Waals surface area contributed by atoms with E-state index in [1.165, 1.54) is 18.2 Å². The van der Waals surface area contributed by atoms with Gasteiger partial charge in [-0.15, -0.1) is 0 Å². The van der Waals surface area contributed by atoms with Gasteiger partial charge in [0.1, 0.15) is 0 Å². The molecular weight excluding hydrogens is 428 g/mol. The lowest BCUT2D eigenvalue weighted by atomic mass is 10.1. The number of amides is 1. The molecule has 0 aromatic heterocycles. The molecule has 0 saturated heterocycles. The highest BCUT2D eigenvalue weighted by molar-refractivity contribution is 7.92. The summed E-state index contributed by atoms with van der Waals surface area (Å²) in [4.78, 5) is 12.7. The molecule has 0 radical (unpaired) electrons. The molecule has 8 heteroatoms. The average molecular weight is 453 g/mol. The fourth-order valence-electron chi connectivity index (χ4n) is 3.27. The van der Waals surface area contributed by atoms with Gasteiger partial charge in [-0.2, -0.15) is 0 Å². The molecule has 1 amide bonds. The number of anilines is 2. The van der Waals surface area contributed by atoms with Gasteiger partial charge in [-0.3, -0.25) is 9.52 Å². The lowest BCUT2D eigenvalue weighted by Crippen LogP contribution is -2.15. The van der Waals surface area contributed by atoms with Crippen LogP contribution in [0.3, 0.4) is 0 Å². The number of benzene rings is 3. The van der Waals surface area contributed by atoms with Crippen molar-refractivity contribution in [2.75, 3.05) is 23.3 Å². The maximum absolute atomic E-state index is 12.9. The SMILES string of the molecule is Cc1ccc(NC(=O)c2cccc(NS(=O)(=O)c3ccc4c(c3)OCCCO4)c2)cc1C. The van der Waals surface area contributed by atoms with Crippen molar-refractivity contribution in [3.63, 3.8) is 0 Å². The van der Waals surface area contributed by atoms with Gasteiger partial charge in [-0.05, 0) is 67.4 Å². The van der Waals surface area contributed by atoms with Crippen LogP contribution in [0.25, 0.3) is 0 Å². The molecule has 0 bridgehead atoms. The number of rotatable bonds is 5. The first-order chi connectivity index (χ1) is 15.3. The summed E-state index contributed by atoms with van der Waals surface area (Å²) >= 11 is 0. The van der Waals surface area contributed by atoms with Gasteiger partial charge in [0, 0.05) is 29.4 Å². The van der Waals surface area contributed by atoms with Gasteiger partial charge in [0.25, 0.3) is 15.9 Å². The van der Waals surface area contributed by atoms with Crippen molar-refractivity contribution in [3.05, 3.63) is 77.4 Å². The van der Waals surface area contributed by atoms with Crippen LogP contribution in [0.5, 0.6) is 11.5 Å². The van der Waals surface area contributed by atoms with E-state index in [4.69, 9.17) is 9.47 Å². The van der Waals surface area contributed by atoms with Crippen LogP contribution in [-0.2, 0) is 10.0 Å². The van der Waals surface area contributed by atoms with Crippen molar-refractivity contribution in [2.24, 2.45) is 0 Å². The minimum absolute atomic E-state index is 0.0479. The van der Waals surface area contributed by atoms with Crippen LogP contribution in [0.2, 0.25) is 0 Å². The first kappa shape index (κ1) is 21.7. The second kappa shape index (κ2) is 8.92. The van der Waals surface area contributed by atoms with Crippen LogP contribution >= 0.6 is 0 Å². The summed E-state index contributed by atoms with van der Waals surface area (Å²) in [5, 5.41) is 2.84. The number of hydrogen-bond donors (Lipinski definition) is 2. The maximum atomic E-state index is 12.9. The van der Waals surface area contributed by atoms with Crippen LogP contribution in [0.4, 0.5) is 11.4 Å². The Labute approximate surface area is 187 Å². The summed E-state index contributed by atoms with van der Waals surface area (Å²) in [6.07, 6.45) is 0.728. The van der Waals surface area contributed by atoms with E-state index in [1.54, 1.807) is 24.3 Å². The molecular formula is C24H24N2O5S. The minimum atomic E-state index is -3.89. The summed E-state index contributed by atoms with van der Waals surface area (Å²) in [5.41, 5.74) is 3.50. The maximum Gasteiger partial charge on any atom is 0.262 e. The average Bonchev–Trinajstić information content (AvgIpc) is 3.01. The molecule has 1 heterocycles. The predicted octanol–water partition coefficient (Wildman–Crippen LogP) is 4.52. The molecule has 0 atom stereocenters. The van der Waals surface area contributed by atoms with Crippen molar-refractivity contribution >= 4 is 27.3 Å². The second-order valence-electron chi connectivity index (χ2n) is 7.60. The molecule has 7 nitrogen and oxygen atoms in total. The fourth-order valence-corrected chi connectivity index (χ4v) is 4.34. The Morgan fingerprint density at radius 1 is 0.844 bits per heavy atom. The molecule has 3 aromatic rings. The van der Waals surface area contributed by atoms with Gasteiger partial charge in [0.15, 0.2) is 11.5 Å². The Kier molecular flexibility index (Phi) is 6.05. The van der Waals surface area contributed by atoms with Crippen molar-refractivity contribution in [1.29, 1.82) is 0 Å². The highest BCUT2D eigenvalue weighted by atomic mass is 32.2. The predicted molar refractivity (Wildman–Crippen MR) is 123 cm³/mol. The first-order valence-electron chi connectivity index (χ1n) is 10.2. The van der Waals surface area contributed by atoms with E-state index in [9.17, 15) is 13.2 Å². The van der Waals surface area contributed by atoms with E-state index >= 15 is 0 Å². The smallest absolute Gasteiger partial charge is 0.262 e. The van der Waals surface area contributed by atoms with Crippen molar-refractivity contribution in [2.45, 2.75) is 25.2 Å². The zero-order chi connectivity index (χ0) is 22.7. The van der Waals surface area contributed by atoms with E-state index in [-0.39, 0.29) is 16.5 Å². The molecule has 0 fully saturated rings. The molecule has 0 unspecified atom stereocenters. The van der Waals surface area contributed by atoms with Gasteiger partial charge in [-0.25, -0.2) is 8.42 Å². The van der Waals surface area contributed by atoms with E-state index in [0.717, 1.165) is 17.5 Å². The Bertz CT molecular complexity index is 1270. The van der Waals surface area contributed by atoms with E-state index in [2.05, 4.69) is 10.0 Å². The number of ether oxygens (including phenoxy) is 2. The van der Waals surface area contributed by atoms with Crippen molar-refractivity contribution < 1.29 is 22.7 Å². The third-order valence-corrected chi connectivity index (χ3v) is 6.55. The number of hydrogen-bond acceptors (Lipinski definition) is 5. The lowest BCUT2D eigenvalue weighted by molar-refractivity contribution is 0.102. The number of aryl methyl sites for hydroxylation is 2. The molecule has 0 saturated carbocycles. The van der Waals surface area contributed by atoms with Gasteiger partial charge in [0.2, 0.25) is 0 Å². The molecule has 1 aliphatic rings. The van der Waals surface area contributed by atoms with Crippen molar-refractivity contribution in [1.82, 2.24) is 0 Å². The number of fused-ring (bicyclic) bond motifs is 1. The van der Waals surface area contributed by atoms with E-state index in [0.29, 0.717) is 36.0 Å². The van der Waals surface area contributed by atoms with E-state index < -0.39 is 10.0 Å². The zero-order valence-corrected chi connectivity index (χ0v) is 18.7. The highest BCUT2D eigenvalue weighted by Crippen LogP contribution is 2.32. The second-order valence-corrected chi connectivity index (χ2v) is 9.28. The van der Waals surface area contributed by atoms with Crippen LogP contribution in [-0.4, -0.2) is 27.5 Å². The van der Waals surface area contributed by atoms with Crippen molar-refractivity contribution in [3.8, 4) is 11.5 Å². The van der Waals surface area contributed by atoms with Crippen LogP contribution in [0.15, 0.2) is 65.6 Å². The molecule has 4 rings (SSSR count).